The molecule has 1 aliphatic carbocycles. The molecule has 2 nitrogen and oxygen atoms in total. The molecule has 1 atom stereocenters. The number of hydrogen-bond donors (Lipinski definition) is 1. The van der Waals surface area contributed by atoms with E-state index >= 15 is 0 Å². The normalized spacial score (nSPS) is 18.9. The van der Waals surface area contributed by atoms with Crippen LogP contribution in [0, 0.1) is 5.92 Å². The third kappa shape index (κ3) is 4.97. The minimum Gasteiger partial charge on any atom is -0.314 e. The fraction of sp³-hybridized carbons (Fsp3) is 1.00. The van der Waals surface area contributed by atoms with Gasteiger partial charge in [0.2, 0.25) is 0 Å². The zero-order valence-electron chi connectivity index (χ0n) is 10.1. The highest BCUT2D eigenvalue weighted by Crippen LogP contribution is 2.18. The molecule has 0 radical (unpaired) electrons. The molecule has 0 aliphatic heterocycles. The van der Waals surface area contributed by atoms with E-state index in [0.29, 0.717) is 0 Å². The van der Waals surface area contributed by atoms with E-state index in [1.54, 1.807) is 0 Å². The van der Waals surface area contributed by atoms with E-state index in [1.165, 1.54) is 45.4 Å². The van der Waals surface area contributed by atoms with Crippen molar-refractivity contribution in [3.63, 3.8) is 0 Å². The van der Waals surface area contributed by atoms with E-state index in [-0.39, 0.29) is 0 Å². The van der Waals surface area contributed by atoms with Gasteiger partial charge in [-0.25, -0.2) is 0 Å². The molecule has 2 heteroatoms. The van der Waals surface area contributed by atoms with Crippen LogP contribution >= 0.6 is 0 Å². The summed E-state index contributed by atoms with van der Waals surface area (Å²) in [7, 11) is 0. The van der Waals surface area contributed by atoms with Gasteiger partial charge in [0.25, 0.3) is 0 Å². The Labute approximate surface area is 89.1 Å². The Bertz CT molecular complexity index is 143. The molecule has 0 spiro atoms. The first-order valence-electron chi connectivity index (χ1n) is 6.22. The first-order chi connectivity index (χ1) is 6.76. The van der Waals surface area contributed by atoms with E-state index in [0.717, 1.165) is 12.0 Å². The fourth-order valence-corrected chi connectivity index (χ4v) is 1.86. The third-order valence-corrected chi connectivity index (χ3v) is 2.89. The largest absolute Gasteiger partial charge is 0.314 e. The van der Waals surface area contributed by atoms with Crippen LogP contribution in [0.3, 0.4) is 0 Å². The molecule has 1 N–H and O–H groups in total. The van der Waals surface area contributed by atoms with Crippen LogP contribution in [-0.4, -0.2) is 37.1 Å². The van der Waals surface area contributed by atoms with Crippen molar-refractivity contribution in [1.29, 1.82) is 0 Å². The first kappa shape index (κ1) is 12.0. The summed E-state index contributed by atoms with van der Waals surface area (Å²) in [5.41, 5.74) is 0. The van der Waals surface area contributed by atoms with Crippen LogP contribution in [0.1, 0.15) is 40.0 Å². The van der Waals surface area contributed by atoms with Gasteiger partial charge < -0.3 is 10.2 Å². The molecule has 84 valence electrons. The zero-order valence-corrected chi connectivity index (χ0v) is 10.1. The van der Waals surface area contributed by atoms with Crippen LogP contribution in [0.15, 0.2) is 0 Å². The lowest BCUT2D eigenvalue weighted by Gasteiger charge is -2.23. The summed E-state index contributed by atoms with van der Waals surface area (Å²) < 4.78 is 0. The third-order valence-electron chi connectivity index (χ3n) is 2.89. The lowest BCUT2D eigenvalue weighted by atomic mass is 10.1. The SMILES string of the molecule is CCCN(CC)CC(C)CNC1CC1. The number of rotatable bonds is 8. The Morgan fingerprint density at radius 3 is 2.57 bits per heavy atom. The maximum atomic E-state index is 3.60. The van der Waals surface area contributed by atoms with Crippen LogP contribution in [-0.2, 0) is 0 Å². The maximum absolute atomic E-state index is 3.60. The van der Waals surface area contributed by atoms with Gasteiger partial charge >= 0.3 is 0 Å². The van der Waals surface area contributed by atoms with Crippen molar-refractivity contribution in [2.24, 2.45) is 5.92 Å². The molecule has 1 aliphatic rings. The predicted molar refractivity (Wildman–Crippen MR) is 62.6 cm³/mol. The van der Waals surface area contributed by atoms with Crippen molar-refractivity contribution < 1.29 is 0 Å². The molecule has 0 amide bonds. The van der Waals surface area contributed by atoms with Gasteiger partial charge in [-0.05, 0) is 44.8 Å². The number of hydrogen-bond acceptors (Lipinski definition) is 2. The summed E-state index contributed by atoms with van der Waals surface area (Å²) in [5, 5.41) is 3.60. The average molecular weight is 198 g/mol. The van der Waals surface area contributed by atoms with Crippen molar-refractivity contribution in [2.75, 3.05) is 26.2 Å². The molecular weight excluding hydrogens is 172 g/mol. The topological polar surface area (TPSA) is 15.3 Å². The van der Waals surface area contributed by atoms with Gasteiger partial charge in [0.15, 0.2) is 0 Å². The second-order valence-electron chi connectivity index (χ2n) is 4.68. The molecule has 0 heterocycles. The van der Waals surface area contributed by atoms with Gasteiger partial charge in [0.1, 0.15) is 0 Å². The molecule has 0 aromatic heterocycles. The lowest BCUT2D eigenvalue weighted by Crippen LogP contribution is -2.34. The van der Waals surface area contributed by atoms with Crippen molar-refractivity contribution in [3.05, 3.63) is 0 Å². The molecule has 0 bridgehead atoms. The lowest BCUT2D eigenvalue weighted by molar-refractivity contribution is 0.245. The number of nitrogens with zero attached hydrogens (tertiary/aromatic N) is 1. The fourth-order valence-electron chi connectivity index (χ4n) is 1.86. The van der Waals surface area contributed by atoms with E-state index in [1.807, 2.05) is 0 Å². The zero-order chi connectivity index (χ0) is 10.4. The van der Waals surface area contributed by atoms with E-state index in [9.17, 15) is 0 Å². The second kappa shape index (κ2) is 6.41. The summed E-state index contributed by atoms with van der Waals surface area (Å²) in [6.07, 6.45) is 4.08. The van der Waals surface area contributed by atoms with Crippen molar-refractivity contribution >= 4 is 0 Å². The highest BCUT2D eigenvalue weighted by atomic mass is 15.1. The second-order valence-corrected chi connectivity index (χ2v) is 4.68. The summed E-state index contributed by atoms with van der Waals surface area (Å²) in [4.78, 5) is 2.55. The smallest absolute Gasteiger partial charge is 0.00683 e. The molecule has 1 rings (SSSR count). The molecule has 1 saturated carbocycles. The van der Waals surface area contributed by atoms with Crippen LogP contribution in [0.5, 0.6) is 0 Å². The first-order valence-corrected chi connectivity index (χ1v) is 6.22. The minimum atomic E-state index is 0.794. The standard InChI is InChI=1S/C12H26N2/c1-4-8-14(5-2)10-11(3)9-13-12-6-7-12/h11-13H,4-10H2,1-3H3. The molecular formula is C12H26N2. The van der Waals surface area contributed by atoms with Gasteiger partial charge in [-0.1, -0.05) is 20.8 Å². The van der Waals surface area contributed by atoms with Gasteiger partial charge in [0, 0.05) is 12.6 Å². The Kier molecular flexibility index (Phi) is 5.49. The summed E-state index contributed by atoms with van der Waals surface area (Å²) in [6.45, 7) is 11.8. The molecule has 1 unspecified atom stereocenters. The summed E-state index contributed by atoms with van der Waals surface area (Å²) >= 11 is 0. The van der Waals surface area contributed by atoms with E-state index < -0.39 is 0 Å². The molecule has 14 heavy (non-hydrogen) atoms. The Morgan fingerprint density at radius 2 is 2.07 bits per heavy atom. The van der Waals surface area contributed by atoms with Gasteiger partial charge in [-0.15, -0.1) is 0 Å². The number of nitrogens with one attached hydrogen (secondary N) is 1. The van der Waals surface area contributed by atoms with Crippen LogP contribution in [0.4, 0.5) is 0 Å². The monoisotopic (exact) mass is 198 g/mol. The highest BCUT2D eigenvalue weighted by Gasteiger charge is 2.21. The van der Waals surface area contributed by atoms with Gasteiger partial charge in [0.05, 0.1) is 0 Å². The van der Waals surface area contributed by atoms with E-state index in [2.05, 4.69) is 31.0 Å². The Balaban J connectivity index is 2.05. The molecule has 0 saturated heterocycles. The van der Waals surface area contributed by atoms with Crippen LogP contribution in [0.25, 0.3) is 0 Å². The van der Waals surface area contributed by atoms with Crippen molar-refractivity contribution in [3.8, 4) is 0 Å². The van der Waals surface area contributed by atoms with Gasteiger partial charge in [-0.2, -0.15) is 0 Å². The van der Waals surface area contributed by atoms with E-state index in [4.69, 9.17) is 0 Å². The maximum Gasteiger partial charge on any atom is 0.00683 e. The Morgan fingerprint density at radius 1 is 1.36 bits per heavy atom. The van der Waals surface area contributed by atoms with Crippen molar-refractivity contribution in [2.45, 2.75) is 46.1 Å². The van der Waals surface area contributed by atoms with Crippen molar-refractivity contribution in [1.82, 2.24) is 10.2 Å². The predicted octanol–water partition coefficient (Wildman–Crippen LogP) is 2.11. The average Bonchev–Trinajstić information content (AvgIpc) is 2.97. The summed E-state index contributed by atoms with van der Waals surface area (Å²) in [6, 6.07) is 0.860. The van der Waals surface area contributed by atoms with Gasteiger partial charge in [-0.3, -0.25) is 0 Å². The molecule has 1 fully saturated rings. The highest BCUT2D eigenvalue weighted by molar-refractivity contribution is 4.81. The van der Waals surface area contributed by atoms with Crippen LogP contribution in [0.2, 0.25) is 0 Å². The Hall–Kier alpha value is -0.0800. The van der Waals surface area contributed by atoms with Crippen LogP contribution < -0.4 is 5.32 Å². The molecule has 0 aromatic carbocycles. The minimum absolute atomic E-state index is 0.794. The summed E-state index contributed by atoms with van der Waals surface area (Å²) in [5.74, 6) is 0.794. The quantitative estimate of drug-likeness (QED) is 0.642. The molecule has 0 aromatic rings.